The Balaban J connectivity index is 2.62. The van der Waals surface area contributed by atoms with Crippen LogP contribution in [0.4, 0.5) is 4.39 Å². The zero-order chi connectivity index (χ0) is 12.4. The molecule has 0 amide bonds. The Morgan fingerprint density at radius 3 is 2.53 bits per heavy atom. The van der Waals surface area contributed by atoms with E-state index >= 15 is 0 Å². The van der Waals surface area contributed by atoms with Gasteiger partial charge in [0, 0.05) is 11.1 Å². The highest BCUT2D eigenvalue weighted by Crippen LogP contribution is 2.28. The highest BCUT2D eigenvalue weighted by atomic mass is 35.5. The second-order valence-corrected chi connectivity index (χ2v) is 4.13. The van der Waals surface area contributed by atoms with E-state index in [0.29, 0.717) is 27.5 Å². The molecule has 0 bridgehead atoms. The minimum atomic E-state index is -0.656. The first-order valence-corrected chi connectivity index (χ1v) is 5.44. The van der Waals surface area contributed by atoms with Crippen LogP contribution in [-0.2, 0) is 0 Å². The normalized spacial score (nSPS) is 10.3. The molecule has 1 heterocycles. The topological polar surface area (TPSA) is 30.0 Å². The lowest BCUT2D eigenvalue weighted by Crippen LogP contribution is -1.94. The third kappa shape index (κ3) is 2.46. The molecule has 0 aliphatic heterocycles. The first kappa shape index (κ1) is 12.0. The molecule has 0 aliphatic rings. The zero-order valence-electron chi connectivity index (χ0n) is 8.45. The third-order valence-corrected chi connectivity index (χ3v) is 2.95. The molecule has 17 heavy (non-hydrogen) atoms. The van der Waals surface area contributed by atoms with Crippen LogP contribution in [0, 0.1) is 5.95 Å². The average molecular weight is 270 g/mol. The lowest BCUT2D eigenvalue weighted by Gasteiger charge is -2.05. The summed E-state index contributed by atoms with van der Waals surface area (Å²) in [5, 5.41) is 0.714. The van der Waals surface area contributed by atoms with Gasteiger partial charge in [-0.3, -0.25) is 4.79 Å². The van der Waals surface area contributed by atoms with E-state index in [-0.39, 0.29) is 5.69 Å². The van der Waals surface area contributed by atoms with Gasteiger partial charge in [0.25, 0.3) is 0 Å². The van der Waals surface area contributed by atoms with Crippen LogP contribution in [0.15, 0.2) is 30.3 Å². The van der Waals surface area contributed by atoms with E-state index in [0.717, 1.165) is 6.07 Å². The van der Waals surface area contributed by atoms with Crippen molar-refractivity contribution in [3.8, 4) is 11.3 Å². The summed E-state index contributed by atoms with van der Waals surface area (Å²) in [5.74, 6) is -0.656. The van der Waals surface area contributed by atoms with Crippen molar-refractivity contribution in [3.05, 3.63) is 51.9 Å². The fraction of sp³-hybridized carbons (Fsp3) is 0. The van der Waals surface area contributed by atoms with Crippen molar-refractivity contribution in [1.29, 1.82) is 0 Å². The summed E-state index contributed by atoms with van der Waals surface area (Å²) in [4.78, 5) is 14.5. The Labute approximate surface area is 107 Å². The molecular weight excluding hydrogens is 264 g/mol. The van der Waals surface area contributed by atoms with Gasteiger partial charge in [-0.25, -0.2) is 4.98 Å². The number of benzene rings is 1. The highest BCUT2D eigenvalue weighted by molar-refractivity contribution is 6.42. The second kappa shape index (κ2) is 4.82. The molecule has 1 aromatic heterocycles. The molecule has 2 rings (SSSR count). The Morgan fingerprint density at radius 2 is 1.88 bits per heavy atom. The summed E-state index contributed by atoms with van der Waals surface area (Å²) in [5.41, 5.74) is 1.09. The van der Waals surface area contributed by atoms with E-state index in [9.17, 15) is 9.18 Å². The maximum Gasteiger partial charge on any atom is 0.213 e. The minimum Gasteiger partial charge on any atom is -0.298 e. The second-order valence-electron chi connectivity index (χ2n) is 3.32. The van der Waals surface area contributed by atoms with Gasteiger partial charge in [-0.1, -0.05) is 29.3 Å². The van der Waals surface area contributed by atoms with E-state index in [4.69, 9.17) is 23.2 Å². The van der Waals surface area contributed by atoms with Crippen molar-refractivity contribution < 1.29 is 9.18 Å². The predicted octanol–water partition coefficient (Wildman–Crippen LogP) is 4.01. The smallest absolute Gasteiger partial charge is 0.213 e. The molecule has 1 aromatic carbocycles. The highest BCUT2D eigenvalue weighted by Gasteiger charge is 2.09. The SMILES string of the molecule is O=Cc1ccc(F)nc1-c1ccc(Cl)c(Cl)c1. The molecule has 2 aromatic rings. The number of carbonyl (C=O) groups excluding carboxylic acids is 1. The molecule has 0 spiro atoms. The zero-order valence-corrected chi connectivity index (χ0v) is 9.97. The molecule has 0 saturated carbocycles. The molecule has 0 aliphatic carbocycles. The molecule has 0 N–H and O–H groups in total. The van der Waals surface area contributed by atoms with Crippen molar-refractivity contribution >= 4 is 29.5 Å². The van der Waals surface area contributed by atoms with Crippen molar-refractivity contribution in [2.75, 3.05) is 0 Å². The summed E-state index contributed by atoms with van der Waals surface area (Å²) < 4.78 is 13.1. The molecule has 2 nitrogen and oxygen atoms in total. The van der Waals surface area contributed by atoms with Gasteiger partial charge >= 0.3 is 0 Å². The Hall–Kier alpha value is -1.45. The van der Waals surface area contributed by atoms with Crippen LogP contribution in [0.2, 0.25) is 10.0 Å². The van der Waals surface area contributed by atoms with E-state index in [1.54, 1.807) is 18.2 Å². The largest absolute Gasteiger partial charge is 0.298 e. The van der Waals surface area contributed by atoms with Crippen LogP contribution in [0.1, 0.15) is 10.4 Å². The maximum atomic E-state index is 13.1. The Bertz CT molecular complexity index is 587. The molecule has 0 fully saturated rings. The van der Waals surface area contributed by atoms with Gasteiger partial charge in [-0.15, -0.1) is 0 Å². The molecule has 0 saturated heterocycles. The van der Waals surface area contributed by atoms with E-state index in [1.807, 2.05) is 0 Å². The summed E-state index contributed by atoms with van der Waals surface area (Å²) in [6, 6.07) is 7.24. The summed E-state index contributed by atoms with van der Waals surface area (Å²) in [6.45, 7) is 0. The van der Waals surface area contributed by atoms with E-state index in [1.165, 1.54) is 6.07 Å². The number of pyridine rings is 1. The van der Waals surface area contributed by atoms with E-state index < -0.39 is 5.95 Å². The van der Waals surface area contributed by atoms with Gasteiger partial charge in [0.2, 0.25) is 5.95 Å². The summed E-state index contributed by atoms with van der Waals surface area (Å²) in [6.07, 6.45) is 0.615. The fourth-order valence-electron chi connectivity index (χ4n) is 1.42. The fourth-order valence-corrected chi connectivity index (χ4v) is 1.71. The Kier molecular flexibility index (Phi) is 3.41. The van der Waals surface area contributed by atoms with Crippen LogP contribution < -0.4 is 0 Å². The van der Waals surface area contributed by atoms with Gasteiger partial charge in [0.1, 0.15) is 0 Å². The van der Waals surface area contributed by atoms with Crippen molar-refractivity contribution in [3.63, 3.8) is 0 Å². The molecule has 5 heteroatoms. The monoisotopic (exact) mass is 269 g/mol. The van der Waals surface area contributed by atoms with Crippen LogP contribution in [0.25, 0.3) is 11.3 Å². The molecule has 0 radical (unpaired) electrons. The van der Waals surface area contributed by atoms with Crippen LogP contribution in [0.3, 0.4) is 0 Å². The third-order valence-electron chi connectivity index (χ3n) is 2.21. The predicted molar refractivity (Wildman–Crippen MR) is 65.0 cm³/mol. The number of hydrogen-bond donors (Lipinski definition) is 0. The van der Waals surface area contributed by atoms with Crippen LogP contribution in [-0.4, -0.2) is 11.3 Å². The first-order valence-electron chi connectivity index (χ1n) is 4.69. The lowest BCUT2D eigenvalue weighted by atomic mass is 10.1. The number of aldehydes is 1. The number of carbonyl (C=O) groups is 1. The lowest BCUT2D eigenvalue weighted by molar-refractivity contribution is 0.112. The van der Waals surface area contributed by atoms with Gasteiger partial charge in [-0.2, -0.15) is 4.39 Å². The van der Waals surface area contributed by atoms with Crippen molar-refractivity contribution in [2.24, 2.45) is 0 Å². The summed E-state index contributed by atoms with van der Waals surface area (Å²) >= 11 is 11.6. The Morgan fingerprint density at radius 1 is 1.12 bits per heavy atom. The number of aromatic nitrogens is 1. The van der Waals surface area contributed by atoms with Gasteiger partial charge in [0.05, 0.1) is 15.7 Å². The summed E-state index contributed by atoms with van der Waals surface area (Å²) in [7, 11) is 0. The quantitative estimate of drug-likeness (QED) is 0.609. The van der Waals surface area contributed by atoms with Gasteiger partial charge in [0.15, 0.2) is 6.29 Å². The van der Waals surface area contributed by atoms with Gasteiger partial charge < -0.3 is 0 Å². The molecule has 0 unspecified atom stereocenters. The van der Waals surface area contributed by atoms with Crippen LogP contribution in [0.5, 0.6) is 0 Å². The van der Waals surface area contributed by atoms with Crippen molar-refractivity contribution in [2.45, 2.75) is 0 Å². The number of halogens is 3. The van der Waals surface area contributed by atoms with Crippen LogP contribution >= 0.6 is 23.2 Å². The van der Waals surface area contributed by atoms with E-state index in [2.05, 4.69) is 4.98 Å². The van der Waals surface area contributed by atoms with Crippen molar-refractivity contribution in [1.82, 2.24) is 4.98 Å². The number of nitrogens with zero attached hydrogens (tertiary/aromatic N) is 1. The number of rotatable bonds is 2. The van der Waals surface area contributed by atoms with Gasteiger partial charge in [-0.05, 0) is 24.3 Å². The standard InChI is InChI=1S/C12H6Cl2FNO/c13-9-3-1-7(5-10(9)14)12-8(6-17)2-4-11(15)16-12/h1-6H. The first-order chi connectivity index (χ1) is 8.11. The molecule has 0 atom stereocenters. The average Bonchev–Trinajstić information content (AvgIpc) is 2.32. The minimum absolute atomic E-state index is 0.249. The molecule has 86 valence electrons. The maximum absolute atomic E-state index is 13.1. The molecular formula is C12H6Cl2FNO. The number of hydrogen-bond acceptors (Lipinski definition) is 2.